The van der Waals surface area contributed by atoms with E-state index in [0.717, 1.165) is 6.54 Å². The van der Waals surface area contributed by atoms with E-state index in [-0.39, 0.29) is 5.60 Å². The zero-order valence-corrected chi connectivity index (χ0v) is 5.94. The summed E-state index contributed by atoms with van der Waals surface area (Å²) in [6.45, 7) is 4.25. The fourth-order valence-corrected chi connectivity index (χ4v) is 0.990. The van der Waals surface area contributed by atoms with E-state index in [1.807, 2.05) is 6.92 Å². The lowest BCUT2D eigenvalue weighted by Crippen LogP contribution is -2.34. The second kappa shape index (κ2) is 2.64. The highest BCUT2D eigenvalue weighted by molar-refractivity contribution is 4.80. The number of hydrogen-bond donors (Lipinski definition) is 1. The molecule has 9 heavy (non-hydrogen) atoms. The zero-order chi connectivity index (χ0) is 6.74. The molecule has 1 saturated heterocycles. The Labute approximate surface area is 55.3 Å². The average Bonchev–Trinajstić information content (AvgIpc) is 2.16. The van der Waals surface area contributed by atoms with Crippen molar-refractivity contribution in [2.45, 2.75) is 12.5 Å². The van der Waals surface area contributed by atoms with E-state index in [1.165, 1.54) is 0 Å². The summed E-state index contributed by atoms with van der Waals surface area (Å²) in [7, 11) is 1.69. The van der Waals surface area contributed by atoms with E-state index in [0.29, 0.717) is 13.3 Å². The van der Waals surface area contributed by atoms with Crippen LogP contribution in [0.5, 0.6) is 0 Å². The van der Waals surface area contributed by atoms with Gasteiger partial charge in [0.25, 0.3) is 0 Å². The molecule has 3 nitrogen and oxygen atoms in total. The van der Waals surface area contributed by atoms with Crippen LogP contribution in [0.2, 0.25) is 0 Å². The fraction of sp³-hybridized carbons (Fsp3) is 1.00. The van der Waals surface area contributed by atoms with Crippen molar-refractivity contribution in [3.05, 3.63) is 0 Å². The van der Waals surface area contributed by atoms with Crippen LogP contribution in [-0.2, 0) is 9.47 Å². The van der Waals surface area contributed by atoms with Gasteiger partial charge in [-0.2, -0.15) is 0 Å². The monoisotopic (exact) mass is 131 g/mol. The number of hydrogen-bond acceptors (Lipinski definition) is 3. The molecule has 1 aliphatic rings. The number of nitrogens with one attached hydrogen (secondary N) is 1. The molecule has 0 aliphatic carbocycles. The Morgan fingerprint density at radius 1 is 1.78 bits per heavy atom. The standard InChI is InChI=1S/C6H13NO2/c1-6(4-8-2)3-7-5-9-6/h7H,3-5H2,1-2H3. The van der Waals surface area contributed by atoms with Crippen molar-refractivity contribution >= 4 is 0 Å². The van der Waals surface area contributed by atoms with Crippen molar-refractivity contribution < 1.29 is 9.47 Å². The molecule has 0 aromatic heterocycles. The van der Waals surface area contributed by atoms with Crippen molar-refractivity contribution in [3.63, 3.8) is 0 Å². The van der Waals surface area contributed by atoms with Gasteiger partial charge in [0.2, 0.25) is 0 Å². The highest BCUT2D eigenvalue weighted by Crippen LogP contribution is 2.12. The molecule has 0 radical (unpaired) electrons. The lowest BCUT2D eigenvalue weighted by molar-refractivity contribution is -0.0315. The molecule has 3 heteroatoms. The Morgan fingerprint density at radius 2 is 2.56 bits per heavy atom. The van der Waals surface area contributed by atoms with Crippen molar-refractivity contribution in [1.29, 1.82) is 0 Å². The Hall–Kier alpha value is -0.120. The van der Waals surface area contributed by atoms with Crippen LogP contribution in [0.1, 0.15) is 6.92 Å². The van der Waals surface area contributed by atoms with Gasteiger partial charge < -0.3 is 9.47 Å². The summed E-state index contributed by atoms with van der Waals surface area (Å²) in [5.74, 6) is 0. The number of rotatable bonds is 2. The largest absolute Gasteiger partial charge is 0.382 e. The van der Waals surface area contributed by atoms with Gasteiger partial charge in [-0.25, -0.2) is 0 Å². The third-order valence-electron chi connectivity index (χ3n) is 1.47. The summed E-state index contributed by atoms with van der Waals surface area (Å²) >= 11 is 0. The predicted molar refractivity (Wildman–Crippen MR) is 34.2 cm³/mol. The Balaban J connectivity index is 2.32. The second-order valence-electron chi connectivity index (χ2n) is 2.60. The van der Waals surface area contributed by atoms with Crippen LogP contribution >= 0.6 is 0 Å². The fourth-order valence-electron chi connectivity index (χ4n) is 0.990. The summed E-state index contributed by atoms with van der Waals surface area (Å²) < 4.78 is 10.3. The molecule has 0 amide bonds. The molecule has 1 aliphatic heterocycles. The van der Waals surface area contributed by atoms with Gasteiger partial charge in [-0.15, -0.1) is 0 Å². The highest BCUT2D eigenvalue weighted by atomic mass is 16.6. The molecule has 0 saturated carbocycles. The molecule has 0 aromatic carbocycles. The first kappa shape index (κ1) is 6.99. The van der Waals surface area contributed by atoms with E-state index >= 15 is 0 Å². The third kappa shape index (κ3) is 1.64. The van der Waals surface area contributed by atoms with Crippen molar-refractivity contribution in [3.8, 4) is 0 Å². The zero-order valence-electron chi connectivity index (χ0n) is 5.94. The Bertz CT molecular complexity index is 89.1. The van der Waals surface area contributed by atoms with Crippen LogP contribution in [0.4, 0.5) is 0 Å². The lowest BCUT2D eigenvalue weighted by Gasteiger charge is -2.19. The van der Waals surface area contributed by atoms with Gasteiger partial charge in [0.05, 0.1) is 13.3 Å². The maximum absolute atomic E-state index is 5.34. The van der Waals surface area contributed by atoms with Crippen LogP contribution < -0.4 is 5.32 Å². The molecule has 1 unspecified atom stereocenters. The smallest absolute Gasteiger partial charge is 0.103 e. The van der Waals surface area contributed by atoms with Crippen LogP contribution in [-0.4, -0.2) is 32.6 Å². The number of methoxy groups -OCH3 is 1. The molecule has 1 N–H and O–H groups in total. The Morgan fingerprint density at radius 3 is 3.00 bits per heavy atom. The minimum Gasteiger partial charge on any atom is -0.382 e. The van der Waals surface area contributed by atoms with E-state index in [1.54, 1.807) is 7.11 Å². The number of ether oxygens (including phenoxy) is 2. The maximum Gasteiger partial charge on any atom is 0.103 e. The SMILES string of the molecule is COCC1(C)CNCO1. The first-order valence-electron chi connectivity index (χ1n) is 3.10. The molecule has 54 valence electrons. The molecular formula is C6H13NO2. The summed E-state index contributed by atoms with van der Waals surface area (Å²) in [4.78, 5) is 0. The normalized spacial score (nSPS) is 35.3. The van der Waals surface area contributed by atoms with Crippen LogP contribution in [0.3, 0.4) is 0 Å². The average molecular weight is 131 g/mol. The second-order valence-corrected chi connectivity index (χ2v) is 2.60. The molecule has 1 fully saturated rings. The molecule has 1 rings (SSSR count). The van der Waals surface area contributed by atoms with Gasteiger partial charge in [0.1, 0.15) is 5.60 Å². The highest BCUT2D eigenvalue weighted by Gasteiger charge is 2.28. The minimum absolute atomic E-state index is 0.0885. The van der Waals surface area contributed by atoms with Gasteiger partial charge in [-0.05, 0) is 6.92 Å². The van der Waals surface area contributed by atoms with Crippen LogP contribution in [0, 0.1) is 0 Å². The van der Waals surface area contributed by atoms with Gasteiger partial charge in [-0.3, -0.25) is 5.32 Å². The van der Waals surface area contributed by atoms with E-state index < -0.39 is 0 Å². The lowest BCUT2D eigenvalue weighted by atomic mass is 10.1. The van der Waals surface area contributed by atoms with E-state index in [9.17, 15) is 0 Å². The third-order valence-corrected chi connectivity index (χ3v) is 1.47. The van der Waals surface area contributed by atoms with Crippen molar-refractivity contribution in [1.82, 2.24) is 5.32 Å². The first-order valence-corrected chi connectivity index (χ1v) is 3.10. The summed E-state index contributed by atoms with van der Waals surface area (Å²) in [5, 5.41) is 3.10. The predicted octanol–water partition coefficient (Wildman–Crippen LogP) is -0.0312. The summed E-state index contributed by atoms with van der Waals surface area (Å²) in [6.07, 6.45) is 0. The van der Waals surface area contributed by atoms with E-state index in [2.05, 4.69) is 5.32 Å². The molecule has 1 heterocycles. The van der Waals surface area contributed by atoms with Gasteiger partial charge in [0.15, 0.2) is 0 Å². The minimum atomic E-state index is -0.0885. The van der Waals surface area contributed by atoms with E-state index in [4.69, 9.17) is 9.47 Å². The quantitative estimate of drug-likeness (QED) is 0.571. The summed E-state index contributed by atoms with van der Waals surface area (Å²) in [5.41, 5.74) is -0.0885. The summed E-state index contributed by atoms with van der Waals surface area (Å²) in [6, 6.07) is 0. The van der Waals surface area contributed by atoms with Crippen molar-refractivity contribution in [2.24, 2.45) is 0 Å². The van der Waals surface area contributed by atoms with Gasteiger partial charge in [0, 0.05) is 13.7 Å². The van der Waals surface area contributed by atoms with Crippen LogP contribution in [0.15, 0.2) is 0 Å². The Kier molecular flexibility index (Phi) is 2.05. The van der Waals surface area contributed by atoms with Gasteiger partial charge >= 0.3 is 0 Å². The molecule has 0 spiro atoms. The van der Waals surface area contributed by atoms with Gasteiger partial charge in [-0.1, -0.05) is 0 Å². The maximum atomic E-state index is 5.34. The van der Waals surface area contributed by atoms with Crippen molar-refractivity contribution in [2.75, 3.05) is 27.0 Å². The molecule has 1 atom stereocenters. The molecular weight excluding hydrogens is 118 g/mol. The molecule has 0 bridgehead atoms. The molecule has 0 aromatic rings. The topological polar surface area (TPSA) is 30.5 Å². The van der Waals surface area contributed by atoms with Crippen LogP contribution in [0.25, 0.3) is 0 Å². The first-order chi connectivity index (χ1) is 4.27.